The molecule has 0 bridgehead atoms. The summed E-state index contributed by atoms with van der Waals surface area (Å²) in [6.07, 6.45) is 0.00971. The lowest BCUT2D eigenvalue weighted by Gasteiger charge is -2.16. The van der Waals surface area contributed by atoms with Crippen molar-refractivity contribution in [1.29, 1.82) is 0 Å². The van der Waals surface area contributed by atoms with Crippen LogP contribution in [0.15, 0.2) is 24.3 Å². The SMILES string of the molecule is C[Si](C)(C)C#Cc1ccccc1N1CC(=O)CC1=O. The minimum atomic E-state index is -1.46. The van der Waals surface area contributed by atoms with Crippen LogP contribution in [0, 0.1) is 11.5 Å². The molecule has 0 N–H and O–H groups in total. The Morgan fingerprint density at radius 3 is 2.42 bits per heavy atom. The Bertz CT molecular complexity index is 590. The van der Waals surface area contributed by atoms with E-state index in [2.05, 4.69) is 31.1 Å². The number of benzene rings is 1. The van der Waals surface area contributed by atoms with Gasteiger partial charge in [-0.15, -0.1) is 5.54 Å². The van der Waals surface area contributed by atoms with Crippen LogP contribution in [0.1, 0.15) is 12.0 Å². The van der Waals surface area contributed by atoms with Crippen molar-refractivity contribution in [2.75, 3.05) is 11.4 Å². The summed E-state index contributed by atoms with van der Waals surface area (Å²) in [6, 6.07) is 7.52. The highest BCUT2D eigenvalue weighted by atomic mass is 28.3. The standard InChI is InChI=1S/C15H17NO2Si/c1-19(2,3)9-8-12-6-4-5-7-14(12)16-11-13(17)10-15(16)18/h4-7H,10-11H2,1-3H3. The number of Topliss-reactive ketones (excluding diaryl/α,β-unsaturated/α-hetero) is 1. The molecule has 1 fully saturated rings. The van der Waals surface area contributed by atoms with Gasteiger partial charge in [0.15, 0.2) is 5.78 Å². The average Bonchev–Trinajstić information content (AvgIpc) is 2.65. The Hall–Kier alpha value is -1.86. The van der Waals surface area contributed by atoms with Crippen molar-refractivity contribution in [2.24, 2.45) is 0 Å². The van der Waals surface area contributed by atoms with Gasteiger partial charge in [-0.1, -0.05) is 37.7 Å². The molecule has 4 heteroatoms. The normalized spacial score (nSPS) is 15.4. The molecule has 0 atom stereocenters. The molecule has 2 rings (SSSR count). The van der Waals surface area contributed by atoms with Crippen LogP contribution in [-0.2, 0) is 9.59 Å². The van der Waals surface area contributed by atoms with Gasteiger partial charge in [0.25, 0.3) is 0 Å². The van der Waals surface area contributed by atoms with E-state index in [-0.39, 0.29) is 24.7 Å². The van der Waals surface area contributed by atoms with Crippen LogP contribution >= 0.6 is 0 Å². The smallest absolute Gasteiger partial charge is 0.234 e. The molecule has 1 aliphatic heterocycles. The lowest BCUT2D eigenvalue weighted by atomic mass is 10.1. The van der Waals surface area contributed by atoms with Crippen molar-refractivity contribution in [2.45, 2.75) is 26.1 Å². The van der Waals surface area contributed by atoms with Crippen molar-refractivity contribution >= 4 is 25.5 Å². The van der Waals surface area contributed by atoms with Gasteiger partial charge in [-0.2, -0.15) is 0 Å². The minimum Gasteiger partial charge on any atom is -0.303 e. The molecule has 1 aromatic carbocycles. The van der Waals surface area contributed by atoms with Gasteiger partial charge in [-0.25, -0.2) is 0 Å². The predicted molar refractivity (Wildman–Crippen MR) is 78.6 cm³/mol. The quantitative estimate of drug-likeness (QED) is 0.446. The van der Waals surface area contributed by atoms with Crippen LogP contribution in [0.2, 0.25) is 19.6 Å². The lowest BCUT2D eigenvalue weighted by molar-refractivity contribution is -0.121. The van der Waals surface area contributed by atoms with Gasteiger partial charge in [0, 0.05) is 5.56 Å². The number of hydrogen-bond donors (Lipinski definition) is 0. The first-order valence-electron chi connectivity index (χ1n) is 6.31. The average molecular weight is 271 g/mol. The summed E-state index contributed by atoms with van der Waals surface area (Å²) in [5, 5.41) is 0. The summed E-state index contributed by atoms with van der Waals surface area (Å²) in [6.45, 7) is 6.69. The number of amides is 1. The first-order valence-corrected chi connectivity index (χ1v) is 9.81. The topological polar surface area (TPSA) is 37.4 Å². The van der Waals surface area contributed by atoms with E-state index in [0.29, 0.717) is 0 Å². The first kappa shape index (κ1) is 13.6. The Kier molecular flexibility index (Phi) is 3.58. The molecular weight excluding hydrogens is 254 g/mol. The van der Waals surface area contributed by atoms with E-state index >= 15 is 0 Å². The zero-order chi connectivity index (χ0) is 14.0. The summed E-state index contributed by atoms with van der Waals surface area (Å²) >= 11 is 0. The molecule has 0 aliphatic carbocycles. The van der Waals surface area contributed by atoms with Gasteiger partial charge in [0.2, 0.25) is 5.91 Å². The molecule has 1 aromatic rings. The third-order valence-electron chi connectivity index (χ3n) is 2.75. The van der Waals surface area contributed by atoms with Crippen LogP contribution < -0.4 is 4.90 Å². The first-order chi connectivity index (χ1) is 8.87. The van der Waals surface area contributed by atoms with Crippen molar-refractivity contribution in [3.8, 4) is 11.5 Å². The monoisotopic (exact) mass is 271 g/mol. The summed E-state index contributed by atoms with van der Waals surface area (Å²) in [5.74, 6) is 3.01. The van der Waals surface area contributed by atoms with Gasteiger partial charge >= 0.3 is 0 Å². The number of para-hydroxylation sites is 1. The molecule has 3 nitrogen and oxygen atoms in total. The summed E-state index contributed by atoms with van der Waals surface area (Å²) in [5.41, 5.74) is 4.87. The summed E-state index contributed by atoms with van der Waals surface area (Å²) in [7, 11) is -1.46. The molecule has 0 radical (unpaired) electrons. The molecular formula is C15H17NO2Si. The molecule has 0 spiro atoms. The Labute approximate surface area is 114 Å². The Morgan fingerprint density at radius 2 is 1.84 bits per heavy atom. The highest BCUT2D eigenvalue weighted by Crippen LogP contribution is 2.23. The molecule has 1 heterocycles. The molecule has 1 amide bonds. The largest absolute Gasteiger partial charge is 0.303 e. The zero-order valence-corrected chi connectivity index (χ0v) is 12.5. The highest BCUT2D eigenvalue weighted by Gasteiger charge is 2.29. The van der Waals surface area contributed by atoms with E-state index in [1.807, 2.05) is 24.3 Å². The third-order valence-corrected chi connectivity index (χ3v) is 3.63. The number of carbonyl (C=O) groups excluding carboxylic acids is 2. The van der Waals surface area contributed by atoms with E-state index < -0.39 is 8.07 Å². The fourth-order valence-corrected chi connectivity index (χ4v) is 2.38. The van der Waals surface area contributed by atoms with Gasteiger partial charge in [-0.05, 0) is 12.1 Å². The third kappa shape index (κ3) is 3.33. The molecule has 98 valence electrons. The van der Waals surface area contributed by atoms with Crippen LogP contribution in [-0.4, -0.2) is 26.3 Å². The van der Waals surface area contributed by atoms with Crippen molar-refractivity contribution in [1.82, 2.24) is 0 Å². The fraction of sp³-hybridized carbons (Fsp3) is 0.333. The number of rotatable bonds is 1. The second kappa shape index (κ2) is 5.02. The number of nitrogens with zero attached hydrogens (tertiary/aromatic N) is 1. The Balaban J connectivity index is 2.39. The van der Waals surface area contributed by atoms with Crippen molar-refractivity contribution < 1.29 is 9.59 Å². The highest BCUT2D eigenvalue weighted by molar-refractivity contribution is 6.83. The maximum Gasteiger partial charge on any atom is 0.234 e. The summed E-state index contributed by atoms with van der Waals surface area (Å²) in [4.78, 5) is 24.7. The van der Waals surface area contributed by atoms with E-state index in [0.717, 1.165) is 11.3 Å². The minimum absolute atomic E-state index is 0.00971. The number of hydrogen-bond acceptors (Lipinski definition) is 2. The molecule has 0 aromatic heterocycles. The maximum atomic E-state index is 11.8. The van der Waals surface area contributed by atoms with E-state index in [1.165, 1.54) is 4.90 Å². The number of carbonyl (C=O) groups is 2. The fourth-order valence-electron chi connectivity index (χ4n) is 1.87. The van der Waals surface area contributed by atoms with E-state index in [1.54, 1.807) is 0 Å². The second-order valence-electron chi connectivity index (χ2n) is 5.71. The maximum absolute atomic E-state index is 11.8. The Morgan fingerprint density at radius 1 is 1.16 bits per heavy atom. The number of ketones is 1. The van der Waals surface area contributed by atoms with Gasteiger partial charge in [-0.3, -0.25) is 9.59 Å². The molecule has 0 unspecified atom stereocenters. The van der Waals surface area contributed by atoms with Crippen LogP contribution in [0.3, 0.4) is 0 Å². The van der Waals surface area contributed by atoms with E-state index in [4.69, 9.17) is 0 Å². The van der Waals surface area contributed by atoms with Gasteiger partial charge in [0.05, 0.1) is 18.7 Å². The van der Waals surface area contributed by atoms with Crippen LogP contribution in [0.25, 0.3) is 0 Å². The second-order valence-corrected chi connectivity index (χ2v) is 10.5. The summed E-state index contributed by atoms with van der Waals surface area (Å²) < 4.78 is 0. The van der Waals surface area contributed by atoms with Crippen molar-refractivity contribution in [3.63, 3.8) is 0 Å². The predicted octanol–water partition coefficient (Wildman–Crippen LogP) is 2.22. The van der Waals surface area contributed by atoms with Crippen molar-refractivity contribution in [3.05, 3.63) is 29.8 Å². The molecule has 19 heavy (non-hydrogen) atoms. The van der Waals surface area contributed by atoms with Crippen LogP contribution in [0.4, 0.5) is 5.69 Å². The van der Waals surface area contributed by atoms with E-state index in [9.17, 15) is 9.59 Å². The van der Waals surface area contributed by atoms with Gasteiger partial charge in [0.1, 0.15) is 8.07 Å². The molecule has 1 aliphatic rings. The molecule has 1 saturated heterocycles. The van der Waals surface area contributed by atoms with Gasteiger partial charge < -0.3 is 4.90 Å². The molecule has 0 saturated carbocycles. The van der Waals surface area contributed by atoms with Crippen LogP contribution in [0.5, 0.6) is 0 Å². The number of anilines is 1. The lowest BCUT2D eigenvalue weighted by Crippen LogP contribution is -2.25. The zero-order valence-electron chi connectivity index (χ0n) is 11.5.